The second-order valence-corrected chi connectivity index (χ2v) is 6.76. The van der Waals surface area contributed by atoms with Gasteiger partial charge in [0, 0.05) is 0 Å². The van der Waals surface area contributed by atoms with Crippen LogP contribution in [0.4, 0.5) is 0 Å². The second-order valence-electron chi connectivity index (χ2n) is 6.76. The van der Waals surface area contributed by atoms with Crippen molar-refractivity contribution in [2.45, 2.75) is 52.9 Å². The fourth-order valence-electron chi connectivity index (χ4n) is 5.24. The van der Waals surface area contributed by atoms with Gasteiger partial charge in [-0.2, -0.15) is 0 Å². The molecule has 0 nitrogen and oxygen atoms in total. The Balaban J connectivity index is 1.95. The van der Waals surface area contributed by atoms with E-state index in [0.29, 0.717) is 5.41 Å². The maximum atomic E-state index is 2.52. The summed E-state index contributed by atoms with van der Waals surface area (Å²) in [5, 5.41) is 0. The minimum absolute atomic E-state index is 0.684. The van der Waals surface area contributed by atoms with Crippen LogP contribution in [0.1, 0.15) is 52.9 Å². The molecule has 0 saturated heterocycles. The van der Waals surface area contributed by atoms with Gasteiger partial charge in [0.25, 0.3) is 0 Å². The lowest BCUT2D eigenvalue weighted by Crippen LogP contribution is -2.42. The molecular formula is C13H22. The molecule has 3 aliphatic rings. The standard InChI is InChI=1S/C13H22/c1-9-6-10-8-12(2,3)11-4-5-13(10,11)7-9/h9-11H,4-8H2,1-3H3. The third kappa shape index (κ3) is 0.831. The van der Waals surface area contributed by atoms with Crippen molar-refractivity contribution in [3.8, 4) is 0 Å². The molecule has 3 fully saturated rings. The van der Waals surface area contributed by atoms with Crippen LogP contribution in [-0.2, 0) is 0 Å². The molecular weight excluding hydrogens is 156 g/mol. The number of rotatable bonds is 0. The lowest BCUT2D eigenvalue weighted by molar-refractivity contribution is -0.00633. The minimum atomic E-state index is 0.684. The molecule has 0 aliphatic heterocycles. The summed E-state index contributed by atoms with van der Waals surface area (Å²) in [7, 11) is 0. The molecule has 0 aromatic rings. The van der Waals surface area contributed by atoms with Gasteiger partial charge >= 0.3 is 0 Å². The van der Waals surface area contributed by atoms with Gasteiger partial charge in [-0.3, -0.25) is 0 Å². The molecule has 0 heteroatoms. The Hall–Kier alpha value is 0. The van der Waals surface area contributed by atoms with Crippen LogP contribution in [0.2, 0.25) is 0 Å². The van der Waals surface area contributed by atoms with Crippen molar-refractivity contribution >= 4 is 0 Å². The third-order valence-corrected chi connectivity index (χ3v) is 5.54. The normalized spacial score (nSPS) is 57.0. The summed E-state index contributed by atoms with van der Waals surface area (Å²) in [6.45, 7) is 7.50. The molecule has 0 radical (unpaired) electrons. The van der Waals surface area contributed by atoms with Gasteiger partial charge in [-0.05, 0) is 60.7 Å². The van der Waals surface area contributed by atoms with Crippen LogP contribution in [0.5, 0.6) is 0 Å². The van der Waals surface area contributed by atoms with Gasteiger partial charge in [-0.1, -0.05) is 20.8 Å². The van der Waals surface area contributed by atoms with E-state index >= 15 is 0 Å². The van der Waals surface area contributed by atoms with Crippen molar-refractivity contribution in [2.24, 2.45) is 28.6 Å². The van der Waals surface area contributed by atoms with Gasteiger partial charge in [0.05, 0.1) is 0 Å². The predicted molar refractivity (Wildman–Crippen MR) is 55.4 cm³/mol. The largest absolute Gasteiger partial charge is 0.0625 e. The van der Waals surface area contributed by atoms with Gasteiger partial charge in [-0.25, -0.2) is 0 Å². The summed E-state index contributed by atoms with van der Waals surface area (Å²) in [4.78, 5) is 0. The lowest BCUT2D eigenvalue weighted by Gasteiger charge is -2.50. The summed E-state index contributed by atoms with van der Waals surface area (Å²) in [6, 6.07) is 0. The first-order chi connectivity index (χ1) is 6.05. The Morgan fingerprint density at radius 2 is 1.92 bits per heavy atom. The predicted octanol–water partition coefficient (Wildman–Crippen LogP) is 3.86. The van der Waals surface area contributed by atoms with Crippen LogP contribution in [0.3, 0.4) is 0 Å². The zero-order valence-corrected chi connectivity index (χ0v) is 9.27. The molecule has 4 unspecified atom stereocenters. The maximum Gasteiger partial charge on any atom is -0.0233 e. The van der Waals surface area contributed by atoms with Gasteiger partial charge in [0.1, 0.15) is 0 Å². The van der Waals surface area contributed by atoms with Crippen molar-refractivity contribution in [1.82, 2.24) is 0 Å². The molecule has 3 aliphatic carbocycles. The van der Waals surface area contributed by atoms with Crippen LogP contribution < -0.4 is 0 Å². The highest BCUT2D eigenvalue weighted by Gasteiger charge is 2.65. The monoisotopic (exact) mass is 178 g/mol. The molecule has 0 aromatic carbocycles. The molecule has 0 bridgehead atoms. The van der Waals surface area contributed by atoms with Gasteiger partial charge in [0.15, 0.2) is 0 Å². The Labute approximate surface area is 82.1 Å². The fourth-order valence-corrected chi connectivity index (χ4v) is 5.24. The van der Waals surface area contributed by atoms with Crippen molar-refractivity contribution in [3.63, 3.8) is 0 Å². The number of hydrogen-bond donors (Lipinski definition) is 0. The average Bonchev–Trinajstić information content (AvgIpc) is 2.28. The van der Waals surface area contributed by atoms with Crippen LogP contribution in [0, 0.1) is 28.6 Å². The van der Waals surface area contributed by atoms with E-state index < -0.39 is 0 Å². The highest BCUT2D eigenvalue weighted by molar-refractivity contribution is 5.14. The molecule has 3 saturated carbocycles. The Morgan fingerprint density at radius 1 is 1.15 bits per heavy atom. The van der Waals surface area contributed by atoms with Crippen molar-refractivity contribution in [2.75, 3.05) is 0 Å². The highest BCUT2D eigenvalue weighted by Crippen LogP contribution is 2.73. The molecule has 0 N–H and O–H groups in total. The van der Waals surface area contributed by atoms with E-state index in [1.165, 1.54) is 12.8 Å². The van der Waals surface area contributed by atoms with Crippen LogP contribution >= 0.6 is 0 Å². The summed E-state index contributed by atoms with van der Waals surface area (Å²) in [5.41, 5.74) is 1.53. The highest BCUT2D eigenvalue weighted by atomic mass is 14.7. The lowest BCUT2D eigenvalue weighted by atomic mass is 9.55. The first kappa shape index (κ1) is 8.32. The van der Waals surface area contributed by atoms with Gasteiger partial charge in [0.2, 0.25) is 0 Å². The first-order valence-electron chi connectivity index (χ1n) is 6.05. The van der Waals surface area contributed by atoms with Crippen molar-refractivity contribution < 1.29 is 0 Å². The van der Waals surface area contributed by atoms with E-state index in [4.69, 9.17) is 0 Å². The zero-order valence-electron chi connectivity index (χ0n) is 9.27. The maximum absolute atomic E-state index is 2.52. The SMILES string of the molecule is CC1CC2CC(C)(C)C3CCC23C1. The van der Waals surface area contributed by atoms with E-state index in [0.717, 1.165) is 23.2 Å². The Bertz CT molecular complexity index is 240. The zero-order chi connectivity index (χ0) is 9.27. The van der Waals surface area contributed by atoms with Gasteiger partial charge in [-0.15, -0.1) is 0 Å². The topological polar surface area (TPSA) is 0 Å². The smallest absolute Gasteiger partial charge is 0.0233 e. The molecule has 0 aromatic heterocycles. The summed E-state index contributed by atoms with van der Waals surface area (Å²) < 4.78 is 0. The van der Waals surface area contributed by atoms with Crippen molar-refractivity contribution in [3.05, 3.63) is 0 Å². The molecule has 74 valence electrons. The fraction of sp³-hybridized carbons (Fsp3) is 1.00. The summed E-state index contributed by atoms with van der Waals surface area (Å²) in [5.74, 6) is 3.23. The van der Waals surface area contributed by atoms with E-state index in [2.05, 4.69) is 20.8 Å². The van der Waals surface area contributed by atoms with E-state index in [9.17, 15) is 0 Å². The molecule has 4 atom stereocenters. The average molecular weight is 178 g/mol. The second kappa shape index (κ2) is 2.15. The third-order valence-electron chi connectivity index (χ3n) is 5.54. The van der Waals surface area contributed by atoms with Crippen LogP contribution in [-0.4, -0.2) is 0 Å². The molecule has 3 rings (SSSR count). The van der Waals surface area contributed by atoms with E-state index in [1.54, 1.807) is 19.3 Å². The summed E-state index contributed by atoms with van der Waals surface area (Å²) >= 11 is 0. The minimum Gasteiger partial charge on any atom is -0.0625 e. The van der Waals surface area contributed by atoms with Crippen LogP contribution in [0.15, 0.2) is 0 Å². The summed E-state index contributed by atoms with van der Waals surface area (Å²) in [6.07, 6.45) is 7.74. The molecule has 0 amide bonds. The van der Waals surface area contributed by atoms with Crippen molar-refractivity contribution in [1.29, 1.82) is 0 Å². The van der Waals surface area contributed by atoms with Gasteiger partial charge < -0.3 is 0 Å². The quantitative estimate of drug-likeness (QED) is 0.528. The number of hydrogen-bond acceptors (Lipinski definition) is 0. The van der Waals surface area contributed by atoms with Crippen LogP contribution in [0.25, 0.3) is 0 Å². The first-order valence-corrected chi connectivity index (χ1v) is 6.05. The molecule has 1 spiro atoms. The molecule has 0 heterocycles. The van der Waals surface area contributed by atoms with E-state index in [-0.39, 0.29) is 0 Å². The Morgan fingerprint density at radius 3 is 2.46 bits per heavy atom. The van der Waals surface area contributed by atoms with E-state index in [1.807, 2.05) is 0 Å². The Kier molecular flexibility index (Phi) is 1.37. The molecule has 13 heavy (non-hydrogen) atoms.